The predicted molar refractivity (Wildman–Crippen MR) is 245 cm³/mol. The van der Waals surface area contributed by atoms with E-state index in [4.69, 9.17) is 44.6 Å². The van der Waals surface area contributed by atoms with Crippen molar-refractivity contribution < 1.29 is 9.59 Å². The van der Waals surface area contributed by atoms with Crippen molar-refractivity contribution >= 4 is 120 Å². The molecule has 0 unspecified atom stereocenters. The van der Waals surface area contributed by atoms with E-state index in [1.807, 2.05) is 0 Å². The lowest BCUT2D eigenvalue weighted by atomic mass is 10.0. The highest BCUT2D eigenvalue weighted by Crippen LogP contribution is 2.20. The molecule has 0 heterocycles. The number of carbonyl (C=O) groups is 2. The minimum Gasteiger partial charge on any atom is -0.369 e. The summed E-state index contributed by atoms with van der Waals surface area (Å²) in [5.74, 6) is -1.55. The van der Waals surface area contributed by atoms with Crippen molar-refractivity contribution in [2.75, 3.05) is 10.6 Å². The maximum Gasteiger partial charge on any atom is 0.224 e. The fourth-order valence-electron chi connectivity index (χ4n) is 4.79. The molecule has 0 saturated heterocycles. The van der Waals surface area contributed by atoms with Gasteiger partial charge in [0.05, 0.1) is 22.8 Å². The summed E-state index contributed by atoms with van der Waals surface area (Å²) in [5, 5.41) is 51.6. The molecule has 0 aliphatic heterocycles. The molecule has 2 amide bonds. The Morgan fingerprint density at radius 3 is 0.897 bits per heavy atom. The van der Waals surface area contributed by atoms with Gasteiger partial charge in [0.2, 0.25) is 35.7 Å². The van der Waals surface area contributed by atoms with Gasteiger partial charge in [0.25, 0.3) is 0 Å². The molecular formula is C34H56Cl4N18O2. The van der Waals surface area contributed by atoms with Crippen LogP contribution in [0.2, 0.25) is 0 Å². The number of guanidine groups is 4. The first-order valence-electron chi connectivity index (χ1n) is 17.0. The van der Waals surface area contributed by atoms with E-state index in [9.17, 15) is 9.59 Å². The van der Waals surface area contributed by atoms with Crippen LogP contribution in [0, 0.1) is 21.6 Å². The second-order valence-electron chi connectivity index (χ2n) is 12.2. The lowest BCUT2D eigenvalue weighted by Crippen LogP contribution is -2.27. The minimum absolute atomic E-state index is 0. The van der Waals surface area contributed by atoms with Crippen molar-refractivity contribution in [1.29, 1.82) is 21.6 Å². The molecule has 2 rings (SSSR count). The summed E-state index contributed by atoms with van der Waals surface area (Å²) in [6.07, 6.45) is 5.57. The molecule has 2 aromatic carbocycles. The number of rotatable bonds is 19. The van der Waals surface area contributed by atoms with Gasteiger partial charge in [-0.1, -0.05) is 25.7 Å². The molecule has 0 fully saturated rings. The van der Waals surface area contributed by atoms with Crippen LogP contribution in [0.4, 0.5) is 11.4 Å². The van der Waals surface area contributed by atoms with Crippen LogP contribution >= 0.6 is 49.6 Å². The van der Waals surface area contributed by atoms with Crippen LogP contribution in [0.5, 0.6) is 0 Å². The predicted octanol–water partition coefficient (Wildman–Crippen LogP) is 3.90. The second-order valence-corrected chi connectivity index (χ2v) is 12.2. The number of hydrogen-bond acceptors (Lipinski definition) is 10. The summed E-state index contributed by atoms with van der Waals surface area (Å²) < 4.78 is 0. The number of nitrogens with one attached hydrogen (secondary N) is 10. The zero-order valence-corrected chi connectivity index (χ0v) is 35.9. The van der Waals surface area contributed by atoms with Gasteiger partial charge >= 0.3 is 0 Å². The molecule has 0 spiro atoms. The summed E-state index contributed by atoms with van der Waals surface area (Å²) in [4.78, 5) is 25.6. The van der Waals surface area contributed by atoms with Crippen LogP contribution in [0.3, 0.4) is 0 Å². The normalized spacial score (nSPS) is 11.2. The number of nitrogens with zero attached hydrogens (tertiary/aromatic N) is 4. The molecule has 0 bridgehead atoms. The quantitative estimate of drug-likeness (QED) is 0.0417. The molecule has 0 saturated carbocycles. The van der Waals surface area contributed by atoms with E-state index < -0.39 is 0 Å². The van der Waals surface area contributed by atoms with E-state index in [1.54, 1.807) is 64.1 Å². The average Bonchev–Trinajstić information content (AvgIpc) is 3.11. The summed E-state index contributed by atoms with van der Waals surface area (Å²) in [6.45, 7) is 6.92. The molecule has 18 N–H and O–H groups in total. The average molecular weight is 891 g/mol. The van der Waals surface area contributed by atoms with Crippen molar-refractivity contribution in [2.45, 2.75) is 79.1 Å². The molecule has 322 valence electrons. The van der Waals surface area contributed by atoms with Gasteiger partial charge in [-0.2, -0.15) is 20.4 Å². The maximum atomic E-state index is 12.8. The Morgan fingerprint density at radius 2 is 0.672 bits per heavy atom. The Labute approximate surface area is 362 Å². The number of nitrogens with two attached hydrogens (primary N) is 4. The lowest BCUT2D eigenvalue weighted by Gasteiger charge is -2.12. The minimum atomic E-state index is -0.313. The van der Waals surface area contributed by atoms with E-state index in [2.05, 4.69) is 52.7 Å². The van der Waals surface area contributed by atoms with Gasteiger partial charge < -0.3 is 33.6 Å². The second kappa shape index (κ2) is 29.5. The van der Waals surface area contributed by atoms with Crippen molar-refractivity contribution in [3.63, 3.8) is 0 Å². The van der Waals surface area contributed by atoms with Gasteiger partial charge in [-0.05, 0) is 76.9 Å². The van der Waals surface area contributed by atoms with Gasteiger partial charge in [0.15, 0.2) is 0 Å². The SMILES string of the molecule is CC(=NNC(=N)N)c1cc(NC(=O)CCCCCCCCC(=O)Nc2cc(C(C)=NNC(=N)N)cc(C(C)=NNC(=N)N)c2)cc(C(C)=NNC(=N)N)c1.Cl.Cl.Cl.Cl. The van der Waals surface area contributed by atoms with Gasteiger partial charge in [0.1, 0.15) is 0 Å². The van der Waals surface area contributed by atoms with Gasteiger partial charge in [-0.15, -0.1) is 49.6 Å². The van der Waals surface area contributed by atoms with Gasteiger partial charge in [-0.3, -0.25) is 31.2 Å². The van der Waals surface area contributed by atoms with Crippen molar-refractivity contribution in [2.24, 2.45) is 43.3 Å². The third-order valence-corrected chi connectivity index (χ3v) is 7.54. The molecule has 0 aliphatic rings. The topological polar surface area (TPSA) is 355 Å². The number of carbonyl (C=O) groups excluding carboxylic acids is 2. The number of halogens is 4. The van der Waals surface area contributed by atoms with Crippen LogP contribution in [-0.2, 0) is 9.59 Å². The number of hydrazone groups is 4. The van der Waals surface area contributed by atoms with Crippen LogP contribution in [0.15, 0.2) is 56.8 Å². The summed E-state index contributed by atoms with van der Waals surface area (Å²) in [6, 6.07) is 10.6. The number of hydrogen-bond donors (Lipinski definition) is 14. The molecule has 0 aromatic heterocycles. The molecular weight excluding hydrogens is 834 g/mol. The fourth-order valence-corrected chi connectivity index (χ4v) is 4.79. The first kappa shape index (κ1) is 56.6. The first-order chi connectivity index (χ1) is 25.5. The Balaban J connectivity index is -0.00000756. The lowest BCUT2D eigenvalue weighted by molar-refractivity contribution is -0.117. The Bertz CT molecular complexity index is 1620. The summed E-state index contributed by atoms with van der Waals surface area (Å²) in [5.41, 5.74) is 36.8. The van der Waals surface area contributed by atoms with Crippen LogP contribution in [0.1, 0.15) is 101 Å². The van der Waals surface area contributed by atoms with Gasteiger partial charge in [-0.25, -0.2) is 21.7 Å². The van der Waals surface area contributed by atoms with E-state index in [0.29, 0.717) is 82.2 Å². The van der Waals surface area contributed by atoms with Crippen LogP contribution in [-0.4, -0.2) is 58.5 Å². The fraction of sp³-hybridized carbons (Fsp3) is 0.353. The zero-order chi connectivity index (χ0) is 40.2. The van der Waals surface area contributed by atoms with E-state index in [-0.39, 0.29) is 85.3 Å². The molecule has 0 radical (unpaired) electrons. The monoisotopic (exact) mass is 888 g/mol. The number of benzene rings is 2. The van der Waals surface area contributed by atoms with E-state index >= 15 is 0 Å². The smallest absolute Gasteiger partial charge is 0.224 e. The van der Waals surface area contributed by atoms with Gasteiger partial charge in [0, 0.05) is 46.5 Å². The molecule has 20 nitrogen and oxygen atoms in total. The summed E-state index contributed by atoms with van der Waals surface area (Å²) >= 11 is 0. The standard InChI is InChI=1S/C34H52N18O2.4ClH/c1-19(45-49-31(35)36)23-13-24(20(2)46-50-32(37)38)16-27(15-23)43-29(53)11-9-7-5-6-8-10-12-30(54)44-28-17-25(21(3)47-51-33(39)40)14-26(18-28)22(4)48-52-34(41)42;;;;/h13-18H,5-12H2,1-4H3,(H,43,53)(H,44,54)(H4,35,36,49)(H4,37,38,50)(H4,39,40,51)(H4,41,42,52);4*1H. The van der Waals surface area contributed by atoms with Crippen LogP contribution in [0.25, 0.3) is 0 Å². The summed E-state index contributed by atoms with van der Waals surface area (Å²) in [7, 11) is 0. The highest BCUT2D eigenvalue weighted by atomic mass is 35.5. The largest absolute Gasteiger partial charge is 0.369 e. The van der Waals surface area contributed by atoms with Crippen LogP contribution < -0.4 is 55.3 Å². The third kappa shape index (κ3) is 22.8. The molecule has 24 heteroatoms. The zero-order valence-electron chi connectivity index (χ0n) is 32.7. The molecule has 0 aliphatic carbocycles. The molecule has 58 heavy (non-hydrogen) atoms. The number of unbranched alkanes of at least 4 members (excludes halogenated alkanes) is 5. The highest BCUT2D eigenvalue weighted by molar-refractivity contribution is 6.07. The Kier molecular flexibility index (Phi) is 28.8. The molecule has 0 atom stereocenters. The molecule has 2 aromatic rings. The number of anilines is 2. The van der Waals surface area contributed by atoms with Crippen molar-refractivity contribution in [3.05, 3.63) is 58.7 Å². The van der Waals surface area contributed by atoms with Crippen molar-refractivity contribution in [3.8, 4) is 0 Å². The Morgan fingerprint density at radius 1 is 0.448 bits per heavy atom. The Hall–Kier alpha value is -5.70. The first-order valence-corrected chi connectivity index (χ1v) is 17.0. The maximum absolute atomic E-state index is 12.8. The number of amides is 2. The highest BCUT2D eigenvalue weighted by Gasteiger charge is 2.12. The van der Waals surface area contributed by atoms with Crippen molar-refractivity contribution in [1.82, 2.24) is 21.7 Å². The third-order valence-electron chi connectivity index (χ3n) is 7.54. The van der Waals surface area contributed by atoms with E-state index in [0.717, 1.165) is 25.7 Å². The van der Waals surface area contributed by atoms with E-state index in [1.165, 1.54) is 0 Å².